The first-order valence-electron chi connectivity index (χ1n) is 7.50. The van der Waals surface area contributed by atoms with Crippen molar-refractivity contribution in [3.63, 3.8) is 0 Å². The van der Waals surface area contributed by atoms with Gasteiger partial charge in [-0.1, -0.05) is 60.7 Å². The van der Waals surface area contributed by atoms with Crippen LogP contribution in [-0.2, 0) is 9.53 Å². The van der Waals surface area contributed by atoms with Crippen molar-refractivity contribution in [2.45, 2.75) is 13.8 Å². The van der Waals surface area contributed by atoms with Crippen LogP contribution in [0.2, 0.25) is 0 Å². The molecular weight excluding hydrogens is 288 g/mol. The summed E-state index contributed by atoms with van der Waals surface area (Å²) in [6.07, 6.45) is 1.39. The summed E-state index contributed by atoms with van der Waals surface area (Å²) in [4.78, 5) is 11.5. The van der Waals surface area contributed by atoms with Gasteiger partial charge >= 0.3 is 5.97 Å². The molecule has 0 fully saturated rings. The molecule has 0 heterocycles. The van der Waals surface area contributed by atoms with E-state index in [1.165, 1.54) is 6.08 Å². The van der Waals surface area contributed by atoms with Crippen LogP contribution in [0, 0.1) is 0 Å². The summed E-state index contributed by atoms with van der Waals surface area (Å²) in [5.74, 6) is -0.381. The highest BCUT2D eigenvalue weighted by molar-refractivity contribution is 6.12. The fourth-order valence-electron chi connectivity index (χ4n) is 2.02. The Morgan fingerprint density at radius 3 is 2.04 bits per heavy atom. The molecule has 23 heavy (non-hydrogen) atoms. The Kier molecular flexibility index (Phi) is 6.12. The third-order valence-corrected chi connectivity index (χ3v) is 3.06. The number of rotatable bonds is 6. The van der Waals surface area contributed by atoms with Crippen molar-refractivity contribution < 1.29 is 9.53 Å². The van der Waals surface area contributed by atoms with Crippen LogP contribution in [-0.4, -0.2) is 18.3 Å². The number of hydrogen-bond donors (Lipinski definition) is 1. The number of esters is 1. The Morgan fingerprint density at radius 2 is 1.57 bits per heavy atom. The number of carbonyl (C=O) groups excluding carboxylic acids is 1. The first kappa shape index (κ1) is 16.5. The second kappa shape index (κ2) is 8.54. The quantitative estimate of drug-likeness (QED) is 0.384. The van der Waals surface area contributed by atoms with E-state index in [0.29, 0.717) is 12.3 Å². The van der Waals surface area contributed by atoms with Gasteiger partial charge in [-0.25, -0.2) is 4.79 Å². The van der Waals surface area contributed by atoms with Crippen LogP contribution in [0.5, 0.6) is 0 Å². The maximum atomic E-state index is 11.5. The molecule has 2 aromatic carbocycles. The third kappa shape index (κ3) is 5.11. The molecule has 0 amide bonds. The van der Waals surface area contributed by atoms with E-state index < -0.39 is 0 Å². The van der Waals surface area contributed by atoms with Crippen molar-refractivity contribution in [3.05, 3.63) is 83.6 Å². The van der Waals surface area contributed by atoms with Gasteiger partial charge in [0.05, 0.1) is 12.3 Å². The molecule has 0 bridgehead atoms. The largest absolute Gasteiger partial charge is 0.463 e. The van der Waals surface area contributed by atoms with Crippen molar-refractivity contribution in [3.8, 4) is 0 Å². The van der Waals surface area contributed by atoms with Crippen LogP contribution in [0.1, 0.15) is 25.0 Å². The van der Waals surface area contributed by atoms with E-state index in [4.69, 9.17) is 4.74 Å². The van der Waals surface area contributed by atoms with E-state index in [9.17, 15) is 4.79 Å². The fourth-order valence-corrected chi connectivity index (χ4v) is 2.02. The van der Waals surface area contributed by atoms with E-state index in [1.54, 1.807) is 13.8 Å². The monoisotopic (exact) mass is 308 g/mol. The predicted molar refractivity (Wildman–Crippen MR) is 92.0 cm³/mol. The molecule has 0 aliphatic heterocycles. The lowest BCUT2D eigenvalue weighted by Gasteiger charge is -2.08. The van der Waals surface area contributed by atoms with E-state index >= 15 is 0 Å². The number of nitrogens with zero attached hydrogens (tertiary/aromatic N) is 1. The first-order valence-corrected chi connectivity index (χ1v) is 7.50. The van der Waals surface area contributed by atoms with Crippen LogP contribution >= 0.6 is 0 Å². The Bertz CT molecular complexity index is 650. The smallest absolute Gasteiger partial charge is 0.332 e. The number of nitrogens with one attached hydrogen (secondary N) is 1. The zero-order valence-electron chi connectivity index (χ0n) is 13.3. The van der Waals surface area contributed by atoms with Crippen LogP contribution < -0.4 is 5.43 Å². The van der Waals surface area contributed by atoms with Crippen LogP contribution in [0.15, 0.2) is 77.5 Å². The summed E-state index contributed by atoms with van der Waals surface area (Å²) in [7, 11) is 0. The molecule has 4 heteroatoms. The maximum absolute atomic E-state index is 11.5. The molecule has 4 nitrogen and oxygen atoms in total. The molecular formula is C19H20N2O2. The van der Waals surface area contributed by atoms with Gasteiger partial charge in [0, 0.05) is 22.9 Å². The average Bonchev–Trinajstić information content (AvgIpc) is 2.57. The van der Waals surface area contributed by atoms with Gasteiger partial charge in [0.2, 0.25) is 0 Å². The van der Waals surface area contributed by atoms with Gasteiger partial charge in [0.1, 0.15) is 0 Å². The van der Waals surface area contributed by atoms with E-state index in [1.807, 2.05) is 60.7 Å². The highest BCUT2D eigenvalue weighted by Gasteiger charge is 2.06. The van der Waals surface area contributed by atoms with Crippen molar-refractivity contribution in [2.24, 2.45) is 5.10 Å². The second-order valence-electron chi connectivity index (χ2n) is 4.88. The second-order valence-corrected chi connectivity index (χ2v) is 4.88. The SMILES string of the molecule is CCOC(=O)C=C(C)NN=C(c1ccccc1)c1ccccc1. The number of hydrazone groups is 1. The Morgan fingerprint density at radius 1 is 1.04 bits per heavy atom. The van der Waals surface area contributed by atoms with Gasteiger partial charge in [-0.15, -0.1) is 0 Å². The van der Waals surface area contributed by atoms with Crippen molar-refractivity contribution in [1.82, 2.24) is 5.43 Å². The highest BCUT2D eigenvalue weighted by Crippen LogP contribution is 2.10. The maximum Gasteiger partial charge on any atom is 0.332 e. The minimum atomic E-state index is -0.381. The summed E-state index contributed by atoms with van der Waals surface area (Å²) in [6, 6.07) is 19.8. The predicted octanol–water partition coefficient (Wildman–Crippen LogP) is 3.50. The van der Waals surface area contributed by atoms with E-state index in [-0.39, 0.29) is 5.97 Å². The Balaban J connectivity index is 2.26. The Hall–Kier alpha value is -2.88. The summed E-state index contributed by atoms with van der Waals surface area (Å²) in [5.41, 5.74) is 6.33. The molecule has 118 valence electrons. The molecule has 0 aliphatic rings. The lowest BCUT2D eigenvalue weighted by molar-refractivity contribution is -0.137. The van der Waals surface area contributed by atoms with E-state index in [2.05, 4.69) is 10.5 Å². The molecule has 0 aliphatic carbocycles. The van der Waals surface area contributed by atoms with Gasteiger partial charge in [0.25, 0.3) is 0 Å². The number of carbonyl (C=O) groups is 1. The summed E-state index contributed by atoms with van der Waals surface area (Å²) < 4.78 is 4.88. The van der Waals surface area contributed by atoms with Crippen LogP contribution in [0.4, 0.5) is 0 Å². The van der Waals surface area contributed by atoms with Gasteiger partial charge in [0.15, 0.2) is 0 Å². The minimum absolute atomic E-state index is 0.352. The number of ether oxygens (including phenoxy) is 1. The van der Waals surface area contributed by atoms with E-state index in [0.717, 1.165) is 16.8 Å². The summed E-state index contributed by atoms with van der Waals surface area (Å²) in [6.45, 7) is 3.90. The van der Waals surface area contributed by atoms with Gasteiger partial charge in [-0.05, 0) is 13.8 Å². The standard InChI is InChI=1S/C19H20N2O2/c1-3-23-18(22)14-15(2)20-21-19(16-10-6-4-7-11-16)17-12-8-5-9-13-17/h4-14,20H,3H2,1-2H3. The molecule has 0 unspecified atom stereocenters. The lowest BCUT2D eigenvalue weighted by Crippen LogP contribution is -2.13. The molecule has 2 rings (SSSR count). The van der Waals surface area contributed by atoms with Crippen molar-refractivity contribution in [2.75, 3.05) is 6.61 Å². The van der Waals surface area contributed by atoms with Gasteiger partial charge in [-0.2, -0.15) is 5.10 Å². The summed E-state index contributed by atoms with van der Waals surface area (Å²) in [5, 5.41) is 4.47. The molecule has 0 atom stereocenters. The lowest BCUT2D eigenvalue weighted by atomic mass is 10.0. The number of benzene rings is 2. The molecule has 0 saturated carbocycles. The summed E-state index contributed by atoms with van der Waals surface area (Å²) >= 11 is 0. The Labute approximate surface area is 136 Å². The third-order valence-electron chi connectivity index (χ3n) is 3.06. The molecule has 1 N–H and O–H groups in total. The molecule has 0 radical (unpaired) electrons. The number of allylic oxidation sites excluding steroid dienone is 1. The molecule has 0 spiro atoms. The fraction of sp³-hybridized carbons (Fsp3) is 0.158. The minimum Gasteiger partial charge on any atom is -0.463 e. The molecule has 0 aromatic heterocycles. The molecule has 0 saturated heterocycles. The van der Waals surface area contributed by atoms with Crippen molar-refractivity contribution >= 4 is 11.7 Å². The normalized spacial score (nSPS) is 10.8. The van der Waals surface area contributed by atoms with Gasteiger partial charge in [-0.3, -0.25) is 5.43 Å². The van der Waals surface area contributed by atoms with Crippen molar-refractivity contribution in [1.29, 1.82) is 0 Å². The zero-order chi connectivity index (χ0) is 16.5. The highest BCUT2D eigenvalue weighted by atomic mass is 16.5. The number of hydrogen-bond acceptors (Lipinski definition) is 4. The van der Waals surface area contributed by atoms with Gasteiger partial charge < -0.3 is 4.74 Å². The van der Waals surface area contributed by atoms with Crippen LogP contribution in [0.3, 0.4) is 0 Å². The average molecular weight is 308 g/mol. The topological polar surface area (TPSA) is 50.7 Å². The zero-order valence-corrected chi connectivity index (χ0v) is 13.3. The first-order chi connectivity index (χ1) is 11.2. The van der Waals surface area contributed by atoms with Crippen LogP contribution in [0.25, 0.3) is 0 Å². The molecule has 2 aromatic rings.